The van der Waals surface area contributed by atoms with Gasteiger partial charge in [-0.2, -0.15) is 0 Å². The number of methoxy groups -OCH3 is 1. The average molecular weight is 393 g/mol. The molecule has 0 radical (unpaired) electrons. The minimum absolute atomic E-state index is 0.345. The molecule has 1 heterocycles. The number of carbonyl (C=O) groups is 3. The summed E-state index contributed by atoms with van der Waals surface area (Å²) in [7, 11) is 1.52. The third kappa shape index (κ3) is 4.34. The first-order valence-electron chi connectivity index (χ1n) is 9.41. The van der Waals surface area contributed by atoms with Gasteiger partial charge in [-0.3, -0.25) is 19.9 Å². The van der Waals surface area contributed by atoms with E-state index in [0.717, 1.165) is 11.3 Å². The van der Waals surface area contributed by atoms with Crippen LogP contribution in [-0.2, 0) is 9.59 Å². The molecule has 7 nitrogen and oxygen atoms in total. The van der Waals surface area contributed by atoms with E-state index >= 15 is 0 Å². The molecule has 2 aromatic carbocycles. The molecule has 1 aliphatic rings. The molecular formula is C22H23N3O4. The van der Waals surface area contributed by atoms with Gasteiger partial charge in [0, 0.05) is 6.21 Å². The van der Waals surface area contributed by atoms with E-state index in [0.29, 0.717) is 23.0 Å². The second-order valence-electron chi connectivity index (χ2n) is 6.82. The minimum Gasteiger partial charge on any atom is -0.497 e. The quantitative estimate of drug-likeness (QED) is 0.597. The molecule has 0 aromatic heterocycles. The summed E-state index contributed by atoms with van der Waals surface area (Å²) in [6.07, 6.45) is 2.31. The molecule has 29 heavy (non-hydrogen) atoms. The van der Waals surface area contributed by atoms with Crippen LogP contribution in [0.2, 0.25) is 0 Å². The predicted molar refractivity (Wildman–Crippen MR) is 111 cm³/mol. The highest BCUT2D eigenvalue weighted by atomic mass is 16.5. The molecule has 0 spiro atoms. The maximum atomic E-state index is 12.8. The fourth-order valence-corrected chi connectivity index (χ4v) is 2.98. The molecule has 7 heteroatoms. The lowest BCUT2D eigenvalue weighted by Gasteiger charge is -2.28. The largest absolute Gasteiger partial charge is 0.497 e. The Hall–Kier alpha value is -3.48. The van der Waals surface area contributed by atoms with Crippen LogP contribution >= 0.6 is 0 Å². The van der Waals surface area contributed by atoms with Gasteiger partial charge in [-0.1, -0.05) is 26.0 Å². The Balaban J connectivity index is 1.80. The van der Waals surface area contributed by atoms with Crippen LogP contribution in [-0.4, -0.2) is 31.2 Å². The van der Waals surface area contributed by atoms with Crippen LogP contribution in [0.15, 0.2) is 53.5 Å². The summed E-state index contributed by atoms with van der Waals surface area (Å²) in [5.41, 5.74) is 2.18. The Morgan fingerprint density at radius 3 is 2.34 bits per heavy atom. The molecule has 0 saturated carbocycles. The lowest BCUT2D eigenvalue weighted by molar-refractivity contribution is -0.131. The molecule has 0 bridgehead atoms. The lowest BCUT2D eigenvalue weighted by Crippen LogP contribution is -2.58. The van der Waals surface area contributed by atoms with E-state index in [1.54, 1.807) is 24.3 Å². The van der Waals surface area contributed by atoms with Crippen molar-refractivity contribution >= 4 is 35.4 Å². The molecule has 1 N–H and O–H groups in total. The number of rotatable bonds is 6. The number of hydrogen-bond acceptors (Lipinski definition) is 5. The smallest absolute Gasteiger partial charge is 0.335 e. The van der Waals surface area contributed by atoms with Crippen molar-refractivity contribution in [3.05, 3.63) is 54.1 Å². The summed E-state index contributed by atoms with van der Waals surface area (Å²) in [6.45, 7) is 4.27. The van der Waals surface area contributed by atoms with Gasteiger partial charge < -0.3 is 4.74 Å². The Bertz CT molecular complexity index is 936. The van der Waals surface area contributed by atoms with Crippen molar-refractivity contribution in [3.63, 3.8) is 0 Å². The van der Waals surface area contributed by atoms with Gasteiger partial charge in [0.25, 0.3) is 5.91 Å². The molecule has 1 saturated heterocycles. The number of aliphatic imine (C=N–C) groups is 1. The van der Waals surface area contributed by atoms with Crippen molar-refractivity contribution in [1.29, 1.82) is 0 Å². The number of hydrogen-bond donors (Lipinski definition) is 1. The molecule has 1 fully saturated rings. The van der Waals surface area contributed by atoms with Crippen LogP contribution in [0.1, 0.15) is 31.7 Å². The van der Waals surface area contributed by atoms with Gasteiger partial charge in [0.05, 0.1) is 18.5 Å². The van der Waals surface area contributed by atoms with Gasteiger partial charge >= 0.3 is 6.03 Å². The van der Waals surface area contributed by atoms with E-state index in [-0.39, 0.29) is 0 Å². The normalized spacial score (nSPS) is 18.1. The first-order valence-corrected chi connectivity index (χ1v) is 9.41. The second kappa shape index (κ2) is 8.68. The number of nitrogens with zero attached hydrogens (tertiary/aromatic N) is 2. The van der Waals surface area contributed by atoms with E-state index in [2.05, 4.69) is 24.2 Å². The second-order valence-corrected chi connectivity index (χ2v) is 6.82. The molecule has 1 aliphatic heterocycles. The Kier molecular flexibility index (Phi) is 6.07. The van der Waals surface area contributed by atoms with Crippen LogP contribution in [0.25, 0.3) is 0 Å². The number of amides is 4. The molecular weight excluding hydrogens is 370 g/mol. The maximum Gasteiger partial charge on any atom is 0.335 e. The number of benzene rings is 2. The molecule has 3 rings (SSSR count). The highest BCUT2D eigenvalue weighted by Crippen LogP contribution is 2.24. The van der Waals surface area contributed by atoms with Gasteiger partial charge in [0.15, 0.2) is 5.92 Å². The number of barbiturate groups is 1. The first kappa shape index (κ1) is 20.3. The van der Waals surface area contributed by atoms with E-state index in [1.807, 2.05) is 24.3 Å². The standard InChI is InChI=1S/C22H23N3O4/c1-4-14(2)15-5-7-16(8-6-15)23-13-19-20(26)24-22(28)25(21(19)27)17-9-11-18(29-3)12-10-17/h5-14,19H,4H2,1-3H3,(H,24,26,28)/t14-,19+/m1/s1. The van der Waals surface area contributed by atoms with Crippen LogP contribution < -0.4 is 15.0 Å². The summed E-state index contributed by atoms with van der Waals surface area (Å²) in [5, 5.41) is 2.21. The zero-order chi connectivity index (χ0) is 21.0. The van der Waals surface area contributed by atoms with E-state index in [1.165, 1.54) is 18.9 Å². The summed E-state index contributed by atoms with van der Waals surface area (Å²) < 4.78 is 5.09. The molecule has 0 unspecified atom stereocenters. The summed E-state index contributed by atoms with van der Waals surface area (Å²) in [5.74, 6) is -1.49. The predicted octanol–water partition coefficient (Wildman–Crippen LogP) is 3.81. The van der Waals surface area contributed by atoms with Crippen LogP contribution in [0.5, 0.6) is 5.75 Å². The van der Waals surface area contributed by atoms with Crippen molar-refractivity contribution in [2.24, 2.45) is 10.9 Å². The van der Waals surface area contributed by atoms with Gasteiger partial charge in [-0.25, -0.2) is 9.69 Å². The molecule has 150 valence electrons. The topological polar surface area (TPSA) is 88.1 Å². The number of anilines is 1. The number of urea groups is 1. The summed E-state index contributed by atoms with van der Waals surface area (Å²) in [4.78, 5) is 42.5. The summed E-state index contributed by atoms with van der Waals surface area (Å²) >= 11 is 0. The maximum absolute atomic E-state index is 12.8. The van der Waals surface area contributed by atoms with Crippen molar-refractivity contribution in [3.8, 4) is 5.75 Å². The highest BCUT2D eigenvalue weighted by molar-refractivity contribution is 6.32. The van der Waals surface area contributed by atoms with E-state index in [9.17, 15) is 14.4 Å². The van der Waals surface area contributed by atoms with Gasteiger partial charge in [-0.05, 0) is 54.3 Å². The van der Waals surface area contributed by atoms with Crippen molar-refractivity contribution in [2.45, 2.75) is 26.2 Å². The van der Waals surface area contributed by atoms with Crippen molar-refractivity contribution < 1.29 is 19.1 Å². The van der Waals surface area contributed by atoms with Gasteiger partial charge in [0.2, 0.25) is 5.91 Å². The van der Waals surface area contributed by atoms with Gasteiger partial charge in [0.1, 0.15) is 5.75 Å². The third-order valence-corrected chi connectivity index (χ3v) is 4.98. The number of imide groups is 2. The first-order chi connectivity index (χ1) is 13.9. The fraction of sp³-hybridized carbons (Fsp3) is 0.273. The molecule has 2 aromatic rings. The van der Waals surface area contributed by atoms with Gasteiger partial charge in [-0.15, -0.1) is 0 Å². The average Bonchev–Trinajstić information content (AvgIpc) is 2.73. The SMILES string of the molecule is CC[C@@H](C)c1ccc(N=C[C@H]2C(=O)NC(=O)N(c3ccc(OC)cc3)C2=O)cc1. The number of ether oxygens (including phenoxy) is 1. The number of carbonyl (C=O) groups excluding carboxylic acids is 3. The molecule has 4 amide bonds. The van der Waals surface area contributed by atoms with Crippen molar-refractivity contribution in [2.75, 3.05) is 12.0 Å². The van der Waals surface area contributed by atoms with Crippen LogP contribution in [0.4, 0.5) is 16.2 Å². The Morgan fingerprint density at radius 2 is 1.76 bits per heavy atom. The highest BCUT2D eigenvalue weighted by Gasteiger charge is 2.40. The lowest BCUT2D eigenvalue weighted by atomic mass is 9.99. The monoisotopic (exact) mass is 393 g/mol. The molecule has 2 atom stereocenters. The zero-order valence-electron chi connectivity index (χ0n) is 16.6. The number of nitrogens with one attached hydrogen (secondary N) is 1. The van der Waals surface area contributed by atoms with E-state index in [4.69, 9.17) is 4.74 Å². The van der Waals surface area contributed by atoms with E-state index < -0.39 is 23.8 Å². The third-order valence-electron chi connectivity index (χ3n) is 4.98. The van der Waals surface area contributed by atoms with Crippen LogP contribution in [0.3, 0.4) is 0 Å². The molecule has 0 aliphatic carbocycles. The summed E-state index contributed by atoms with van der Waals surface area (Å²) in [6, 6.07) is 13.3. The van der Waals surface area contributed by atoms with Crippen LogP contribution in [0, 0.1) is 5.92 Å². The zero-order valence-corrected chi connectivity index (χ0v) is 16.6. The minimum atomic E-state index is -1.19. The fourth-order valence-electron chi connectivity index (χ4n) is 2.98. The Labute approximate surface area is 169 Å². The van der Waals surface area contributed by atoms with Crippen molar-refractivity contribution in [1.82, 2.24) is 5.32 Å². The Morgan fingerprint density at radius 1 is 1.10 bits per heavy atom.